The summed E-state index contributed by atoms with van der Waals surface area (Å²) in [5.74, 6) is -0.682. The second kappa shape index (κ2) is 6.41. The summed E-state index contributed by atoms with van der Waals surface area (Å²) < 4.78 is 13.9. The maximum atomic E-state index is 13.9. The van der Waals surface area contributed by atoms with Gasteiger partial charge in [-0.15, -0.1) is 0 Å². The predicted molar refractivity (Wildman–Crippen MR) is 91.6 cm³/mol. The van der Waals surface area contributed by atoms with E-state index in [2.05, 4.69) is 4.90 Å². The van der Waals surface area contributed by atoms with Gasteiger partial charge >= 0.3 is 0 Å². The summed E-state index contributed by atoms with van der Waals surface area (Å²) in [6.45, 7) is 1.39. The topological polar surface area (TPSA) is 40.6 Å². The van der Waals surface area contributed by atoms with Gasteiger partial charge in [-0.05, 0) is 31.0 Å². The van der Waals surface area contributed by atoms with E-state index in [9.17, 15) is 14.0 Å². The Bertz CT molecular complexity index is 797. The molecular formula is C20H19FN2O2. The maximum Gasteiger partial charge on any atom is 0.261 e. The number of fused-ring (bicyclic) bond motifs is 1. The van der Waals surface area contributed by atoms with Gasteiger partial charge in [0, 0.05) is 31.2 Å². The lowest BCUT2D eigenvalue weighted by atomic mass is 10.1. The van der Waals surface area contributed by atoms with Crippen molar-refractivity contribution in [3.8, 4) is 0 Å². The summed E-state index contributed by atoms with van der Waals surface area (Å²) >= 11 is 0. The normalized spacial score (nSPS) is 16.6. The van der Waals surface area contributed by atoms with Crippen LogP contribution < -0.4 is 0 Å². The Morgan fingerprint density at radius 1 is 0.960 bits per heavy atom. The van der Waals surface area contributed by atoms with Crippen molar-refractivity contribution in [2.75, 3.05) is 13.1 Å². The van der Waals surface area contributed by atoms with E-state index in [1.165, 1.54) is 11.0 Å². The van der Waals surface area contributed by atoms with Crippen molar-refractivity contribution in [1.82, 2.24) is 9.80 Å². The lowest BCUT2D eigenvalue weighted by molar-refractivity contribution is 0.0632. The Kier molecular flexibility index (Phi) is 4.09. The number of imide groups is 1. The molecule has 2 aromatic rings. The highest BCUT2D eigenvalue weighted by molar-refractivity contribution is 6.21. The highest BCUT2D eigenvalue weighted by atomic mass is 19.1. The molecular weight excluding hydrogens is 319 g/mol. The first-order valence-electron chi connectivity index (χ1n) is 8.58. The van der Waals surface area contributed by atoms with Crippen molar-refractivity contribution < 1.29 is 14.0 Å². The second-order valence-electron chi connectivity index (χ2n) is 6.60. The molecule has 0 aromatic heterocycles. The molecule has 4 rings (SSSR count). The van der Waals surface area contributed by atoms with Crippen LogP contribution in [0.2, 0.25) is 0 Å². The fourth-order valence-electron chi connectivity index (χ4n) is 3.35. The van der Waals surface area contributed by atoms with Gasteiger partial charge in [0.15, 0.2) is 0 Å². The molecule has 0 spiro atoms. The SMILES string of the molecule is O=C1c2ccccc2C(=O)N1CCN(Cc1ccccc1F)C1CC1. The third kappa shape index (κ3) is 3.07. The minimum Gasteiger partial charge on any atom is -0.294 e. The van der Waals surface area contributed by atoms with Crippen molar-refractivity contribution in [2.45, 2.75) is 25.4 Å². The monoisotopic (exact) mass is 338 g/mol. The van der Waals surface area contributed by atoms with E-state index in [1.54, 1.807) is 36.4 Å². The van der Waals surface area contributed by atoms with Crippen LogP contribution in [0.5, 0.6) is 0 Å². The molecule has 4 nitrogen and oxygen atoms in total. The molecule has 1 aliphatic heterocycles. The number of benzene rings is 2. The molecule has 1 aliphatic carbocycles. The van der Waals surface area contributed by atoms with Gasteiger partial charge in [-0.2, -0.15) is 0 Å². The first kappa shape index (κ1) is 16.0. The highest BCUT2D eigenvalue weighted by Crippen LogP contribution is 2.29. The Labute approximate surface area is 145 Å². The summed E-state index contributed by atoms with van der Waals surface area (Å²) in [5.41, 5.74) is 1.59. The zero-order valence-electron chi connectivity index (χ0n) is 13.8. The standard InChI is InChI=1S/C20H19FN2O2/c21-18-8-4-1-5-14(18)13-22(15-9-10-15)11-12-23-19(24)16-6-2-3-7-17(16)20(23)25/h1-8,15H,9-13H2. The van der Waals surface area contributed by atoms with Crippen LogP contribution in [-0.2, 0) is 6.54 Å². The predicted octanol–water partition coefficient (Wildman–Crippen LogP) is 3.09. The average Bonchev–Trinajstić information content (AvgIpc) is 3.43. The molecule has 5 heteroatoms. The minimum atomic E-state index is -0.234. The third-order valence-corrected chi connectivity index (χ3v) is 4.88. The van der Waals surface area contributed by atoms with Crippen LogP contribution in [0, 0.1) is 5.82 Å². The third-order valence-electron chi connectivity index (χ3n) is 4.88. The summed E-state index contributed by atoms with van der Waals surface area (Å²) in [5, 5.41) is 0. The molecule has 128 valence electrons. The Morgan fingerprint density at radius 2 is 1.56 bits per heavy atom. The zero-order chi connectivity index (χ0) is 17.4. The largest absolute Gasteiger partial charge is 0.294 e. The number of carbonyl (C=O) groups excluding carboxylic acids is 2. The smallest absolute Gasteiger partial charge is 0.261 e. The summed E-state index contributed by atoms with van der Waals surface area (Å²) in [6.07, 6.45) is 2.16. The van der Waals surface area contributed by atoms with Crippen molar-refractivity contribution >= 4 is 11.8 Å². The van der Waals surface area contributed by atoms with Gasteiger partial charge in [-0.3, -0.25) is 19.4 Å². The van der Waals surface area contributed by atoms with Crippen LogP contribution in [0.15, 0.2) is 48.5 Å². The van der Waals surface area contributed by atoms with Gasteiger partial charge in [0.2, 0.25) is 0 Å². The Hall–Kier alpha value is -2.53. The number of rotatable bonds is 6. The first-order chi connectivity index (χ1) is 12.1. The number of hydrogen-bond acceptors (Lipinski definition) is 3. The molecule has 2 amide bonds. The fourth-order valence-corrected chi connectivity index (χ4v) is 3.35. The van der Waals surface area contributed by atoms with Crippen LogP contribution in [0.25, 0.3) is 0 Å². The van der Waals surface area contributed by atoms with Crippen molar-refractivity contribution in [2.24, 2.45) is 0 Å². The van der Waals surface area contributed by atoms with Gasteiger partial charge in [0.05, 0.1) is 11.1 Å². The van der Waals surface area contributed by atoms with Gasteiger partial charge < -0.3 is 0 Å². The first-order valence-corrected chi connectivity index (χ1v) is 8.58. The van der Waals surface area contributed by atoms with Gasteiger partial charge in [0.25, 0.3) is 11.8 Å². The summed E-state index contributed by atoms with van der Waals surface area (Å²) in [6, 6.07) is 14.1. The molecule has 1 fully saturated rings. The van der Waals surface area contributed by atoms with E-state index >= 15 is 0 Å². The molecule has 25 heavy (non-hydrogen) atoms. The molecule has 0 bridgehead atoms. The highest BCUT2D eigenvalue weighted by Gasteiger charge is 2.36. The number of carbonyl (C=O) groups is 2. The number of amides is 2. The van der Waals surface area contributed by atoms with Crippen molar-refractivity contribution in [1.29, 1.82) is 0 Å². The van der Waals surface area contributed by atoms with Crippen LogP contribution >= 0.6 is 0 Å². The second-order valence-corrected chi connectivity index (χ2v) is 6.60. The molecule has 0 saturated heterocycles. The average molecular weight is 338 g/mol. The van der Waals surface area contributed by atoms with Crippen LogP contribution in [0.4, 0.5) is 4.39 Å². The quantitative estimate of drug-likeness (QED) is 0.760. The van der Waals surface area contributed by atoms with Crippen LogP contribution in [0.1, 0.15) is 39.1 Å². The summed E-state index contributed by atoms with van der Waals surface area (Å²) in [4.78, 5) is 28.4. The van der Waals surface area contributed by atoms with E-state index in [-0.39, 0.29) is 17.6 Å². The Morgan fingerprint density at radius 3 is 2.16 bits per heavy atom. The van der Waals surface area contributed by atoms with E-state index in [1.807, 2.05) is 6.07 Å². The molecule has 1 saturated carbocycles. The van der Waals surface area contributed by atoms with E-state index in [0.29, 0.717) is 42.4 Å². The van der Waals surface area contributed by atoms with Crippen LogP contribution in [0.3, 0.4) is 0 Å². The fraction of sp³-hybridized carbons (Fsp3) is 0.300. The molecule has 0 N–H and O–H groups in total. The van der Waals surface area contributed by atoms with Crippen molar-refractivity contribution in [3.05, 3.63) is 71.0 Å². The minimum absolute atomic E-state index is 0.214. The summed E-state index contributed by atoms with van der Waals surface area (Å²) in [7, 11) is 0. The Balaban J connectivity index is 1.45. The van der Waals surface area contributed by atoms with Crippen molar-refractivity contribution in [3.63, 3.8) is 0 Å². The van der Waals surface area contributed by atoms with Gasteiger partial charge in [0.1, 0.15) is 5.82 Å². The molecule has 0 atom stereocenters. The van der Waals surface area contributed by atoms with E-state index in [0.717, 1.165) is 12.8 Å². The molecule has 2 aromatic carbocycles. The number of nitrogens with zero attached hydrogens (tertiary/aromatic N) is 2. The zero-order valence-corrected chi connectivity index (χ0v) is 13.8. The number of hydrogen-bond donors (Lipinski definition) is 0. The van der Waals surface area contributed by atoms with E-state index in [4.69, 9.17) is 0 Å². The number of halogens is 1. The van der Waals surface area contributed by atoms with Gasteiger partial charge in [-0.25, -0.2) is 4.39 Å². The molecule has 2 aliphatic rings. The lowest BCUT2D eigenvalue weighted by Crippen LogP contribution is -2.39. The van der Waals surface area contributed by atoms with Gasteiger partial charge in [-0.1, -0.05) is 30.3 Å². The lowest BCUT2D eigenvalue weighted by Gasteiger charge is -2.24. The molecule has 0 radical (unpaired) electrons. The maximum absolute atomic E-state index is 13.9. The van der Waals surface area contributed by atoms with E-state index < -0.39 is 0 Å². The molecule has 0 unspecified atom stereocenters. The molecule has 1 heterocycles. The van der Waals surface area contributed by atoms with Crippen LogP contribution in [-0.4, -0.2) is 40.7 Å².